The average Bonchev–Trinajstić information content (AvgIpc) is 2.91. The van der Waals surface area contributed by atoms with Crippen molar-refractivity contribution in [2.45, 2.75) is 80.4 Å². The van der Waals surface area contributed by atoms with Crippen LogP contribution in [0.2, 0.25) is 0 Å². The van der Waals surface area contributed by atoms with Crippen molar-refractivity contribution in [1.82, 2.24) is 0 Å². The van der Waals surface area contributed by atoms with Gasteiger partial charge in [0.2, 0.25) is 0 Å². The SMILES string of the molecule is CCOC(=O)c1cc(OC(F)(F)C(F)OC(F)(F)C(F)(F)C(F)(F)F)c(C(=O)OCC)cc1CC(F)(F)C(F)(Cl)OC(F)(F)C(F)(F)C(F)(F)F. The summed E-state index contributed by atoms with van der Waals surface area (Å²) < 4.78 is 284. The third-order valence-electron chi connectivity index (χ3n) is 5.50. The molecule has 7 nitrogen and oxygen atoms in total. The molecule has 0 bridgehead atoms. The van der Waals surface area contributed by atoms with Crippen molar-refractivity contribution < 1.29 is 121 Å². The lowest BCUT2D eigenvalue weighted by molar-refractivity contribution is -0.460. The van der Waals surface area contributed by atoms with E-state index in [2.05, 4.69) is 35.3 Å². The molecule has 0 aromatic heterocycles. The fourth-order valence-electron chi connectivity index (χ4n) is 3.06. The van der Waals surface area contributed by atoms with Crippen molar-refractivity contribution in [2.75, 3.05) is 13.2 Å². The minimum absolute atomic E-state index is 0.348. The maximum absolute atomic E-state index is 14.8. The van der Waals surface area contributed by atoms with E-state index in [1.165, 1.54) is 0 Å². The molecular formula is C23H15ClF20O7. The van der Waals surface area contributed by atoms with E-state index in [-0.39, 0.29) is 6.07 Å². The van der Waals surface area contributed by atoms with Gasteiger partial charge >= 0.3 is 72.1 Å². The maximum Gasteiger partial charge on any atom is 0.462 e. The molecule has 28 heteroatoms. The second-order valence-corrected chi connectivity index (χ2v) is 9.71. The normalized spacial score (nSPS) is 16.0. The smallest absolute Gasteiger partial charge is 0.462 e. The second kappa shape index (κ2) is 14.7. The predicted octanol–water partition coefficient (Wildman–Crippen LogP) is 8.96. The van der Waals surface area contributed by atoms with E-state index in [1.807, 2.05) is 0 Å². The van der Waals surface area contributed by atoms with E-state index in [0.717, 1.165) is 13.8 Å². The number of carbonyl (C=O) groups excluding carboxylic acids is 2. The van der Waals surface area contributed by atoms with Crippen LogP contribution in [0, 0.1) is 0 Å². The molecule has 51 heavy (non-hydrogen) atoms. The summed E-state index contributed by atoms with van der Waals surface area (Å²) in [6, 6.07) is -0.778. The van der Waals surface area contributed by atoms with Crippen molar-refractivity contribution in [3.8, 4) is 5.75 Å². The largest absolute Gasteiger partial charge is 0.462 e. The number of ether oxygens (including phenoxy) is 5. The summed E-state index contributed by atoms with van der Waals surface area (Å²) in [4.78, 5) is 24.8. The summed E-state index contributed by atoms with van der Waals surface area (Å²) in [5.74, 6) is -27.1. The zero-order chi connectivity index (χ0) is 40.6. The van der Waals surface area contributed by atoms with Gasteiger partial charge in [0.15, 0.2) is 0 Å². The fraction of sp³-hybridized carbons (Fsp3) is 0.652. The number of benzene rings is 1. The Balaban J connectivity index is 3.85. The molecule has 2 unspecified atom stereocenters. The Kier molecular flexibility index (Phi) is 13.2. The van der Waals surface area contributed by atoms with E-state index in [9.17, 15) is 97.4 Å². The van der Waals surface area contributed by atoms with Crippen LogP contribution in [0.1, 0.15) is 40.1 Å². The van der Waals surface area contributed by atoms with Gasteiger partial charge in [-0.2, -0.15) is 83.4 Å². The second-order valence-electron chi connectivity index (χ2n) is 9.22. The zero-order valence-electron chi connectivity index (χ0n) is 24.1. The van der Waals surface area contributed by atoms with Crippen molar-refractivity contribution in [3.05, 3.63) is 28.8 Å². The van der Waals surface area contributed by atoms with Crippen LogP contribution in [0.5, 0.6) is 5.75 Å². The Hall–Kier alpha value is -3.23. The summed E-state index contributed by atoms with van der Waals surface area (Å²) in [6.45, 7) is 0.185. The molecule has 0 heterocycles. The highest BCUT2D eigenvalue weighted by atomic mass is 35.5. The van der Waals surface area contributed by atoms with Crippen molar-refractivity contribution in [2.24, 2.45) is 0 Å². The molecule has 0 amide bonds. The van der Waals surface area contributed by atoms with E-state index in [0.29, 0.717) is 0 Å². The van der Waals surface area contributed by atoms with E-state index in [4.69, 9.17) is 0 Å². The van der Waals surface area contributed by atoms with Gasteiger partial charge in [-0.25, -0.2) is 14.0 Å². The van der Waals surface area contributed by atoms with E-state index >= 15 is 0 Å². The Labute approximate surface area is 273 Å². The number of carbonyl (C=O) groups is 2. The molecule has 0 N–H and O–H groups in total. The van der Waals surface area contributed by atoms with Gasteiger partial charge in [0.25, 0.3) is 0 Å². The summed E-state index contributed by atoms with van der Waals surface area (Å²) in [7, 11) is 0. The van der Waals surface area contributed by atoms with Gasteiger partial charge < -0.3 is 14.2 Å². The lowest BCUT2D eigenvalue weighted by atomic mass is 9.97. The first-order valence-corrected chi connectivity index (χ1v) is 12.8. The molecule has 0 fully saturated rings. The quantitative estimate of drug-likeness (QED) is 0.0937. The lowest BCUT2D eigenvalue weighted by Gasteiger charge is -2.34. The Morgan fingerprint density at radius 1 is 0.667 bits per heavy atom. The van der Waals surface area contributed by atoms with Gasteiger partial charge in [0.1, 0.15) is 11.3 Å². The molecule has 296 valence electrons. The Morgan fingerprint density at radius 2 is 1.08 bits per heavy atom. The fourth-order valence-corrected chi connectivity index (χ4v) is 3.22. The molecule has 0 aliphatic heterocycles. The minimum Gasteiger partial charge on any atom is -0.462 e. The van der Waals surface area contributed by atoms with Gasteiger partial charge in [-0.15, -0.1) is 0 Å². The zero-order valence-corrected chi connectivity index (χ0v) is 24.9. The molecule has 0 radical (unpaired) electrons. The summed E-state index contributed by atoms with van der Waals surface area (Å²) in [5.41, 5.74) is -5.33. The highest BCUT2D eigenvalue weighted by molar-refractivity contribution is 6.22. The summed E-state index contributed by atoms with van der Waals surface area (Å²) >= 11 is 4.44. The third-order valence-corrected chi connectivity index (χ3v) is 5.85. The molecule has 0 saturated carbocycles. The monoisotopic (exact) mass is 818 g/mol. The highest BCUT2D eigenvalue weighted by Crippen LogP contribution is 2.53. The number of rotatable bonds is 16. The Bertz CT molecular complexity index is 1410. The van der Waals surface area contributed by atoms with Gasteiger partial charge in [-0.1, -0.05) is 0 Å². The number of hydrogen-bond donors (Lipinski definition) is 0. The van der Waals surface area contributed by atoms with Crippen LogP contribution in [0.4, 0.5) is 87.8 Å². The number of esters is 2. The Morgan fingerprint density at radius 3 is 1.49 bits per heavy atom. The van der Waals surface area contributed by atoms with Crippen LogP contribution in [-0.2, 0) is 25.4 Å². The first-order valence-electron chi connectivity index (χ1n) is 12.5. The average molecular weight is 819 g/mol. The van der Waals surface area contributed by atoms with Crippen molar-refractivity contribution in [3.63, 3.8) is 0 Å². The van der Waals surface area contributed by atoms with E-state index in [1.54, 1.807) is 0 Å². The minimum atomic E-state index is -7.41. The van der Waals surface area contributed by atoms with Crippen LogP contribution in [-0.4, -0.2) is 85.3 Å². The molecule has 0 spiro atoms. The van der Waals surface area contributed by atoms with Crippen LogP contribution in [0.15, 0.2) is 12.1 Å². The van der Waals surface area contributed by atoms with E-state index < -0.39 is 120 Å². The van der Waals surface area contributed by atoms with Crippen molar-refractivity contribution >= 4 is 23.5 Å². The maximum atomic E-state index is 14.8. The third kappa shape index (κ3) is 9.61. The van der Waals surface area contributed by atoms with Crippen LogP contribution < -0.4 is 4.74 Å². The van der Waals surface area contributed by atoms with Gasteiger partial charge in [0, 0.05) is 6.42 Å². The molecule has 0 aliphatic rings. The molecular weight excluding hydrogens is 804 g/mol. The molecule has 1 rings (SSSR count). The van der Waals surface area contributed by atoms with Gasteiger partial charge in [0.05, 0.1) is 18.8 Å². The highest BCUT2D eigenvalue weighted by Gasteiger charge is 2.78. The summed E-state index contributed by atoms with van der Waals surface area (Å²) in [6.07, 6.45) is -43.3. The number of hydrogen-bond acceptors (Lipinski definition) is 7. The number of alkyl halides is 21. The predicted molar refractivity (Wildman–Crippen MR) is 121 cm³/mol. The molecule has 1 aromatic rings. The standard InChI is InChI=1S/C23H15ClF20O7/c1-3-47-12(45)9-6-11(49-16(28,29)14(25)50-22(41,42)17(30,31)20(35,36)37)10(13(46)48-4-2)5-8(9)7-15(26,27)19(24,34)51-23(43,44)18(32,33)21(38,39)40/h5-6,14H,3-4,7H2,1-2H3. The topological polar surface area (TPSA) is 80.3 Å². The molecule has 2 atom stereocenters. The molecule has 0 aliphatic carbocycles. The van der Waals surface area contributed by atoms with Crippen LogP contribution >= 0.6 is 11.6 Å². The first-order chi connectivity index (χ1) is 22.5. The number of halogens is 21. The van der Waals surface area contributed by atoms with Crippen LogP contribution in [0.25, 0.3) is 0 Å². The molecule has 0 saturated heterocycles. The van der Waals surface area contributed by atoms with Gasteiger partial charge in [-0.05, 0) is 43.1 Å². The van der Waals surface area contributed by atoms with Crippen molar-refractivity contribution in [1.29, 1.82) is 0 Å². The summed E-state index contributed by atoms with van der Waals surface area (Å²) in [5, 5.41) is -6.12. The lowest BCUT2D eigenvalue weighted by Crippen LogP contribution is -2.58. The van der Waals surface area contributed by atoms with Crippen LogP contribution in [0.3, 0.4) is 0 Å². The molecule has 1 aromatic carbocycles. The first kappa shape index (κ1) is 45.8. The van der Waals surface area contributed by atoms with Gasteiger partial charge in [-0.3, -0.25) is 9.47 Å².